The molecule has 0 aliphatic carbocycles. The molecule has 5 nitrogen and oxygen atoms in total. The Morgan fingerprint density at radius 3 is 2.76 bits per heavy atom. The maximum Gasteiger partial charge on any atom is 0.224 e. The van der Waals surface area contributed by atoms with Crippen LogP contribution < -0.4 is 5.32 Å². The Bertz CT molecular complexity index is 535. The summed E-state index contributed by atoms with van der Waals surface area (Å²) in [6.45, 7) is 6.56. The van der Waals surface area contributed by atoms with Gasteiger partial charge in [0.1, 0.15) is 0 Å². The minimum Gasteiger partial charge on any atom is -0.354 e. The molecule has 0 spiro atoms. The van der Waals surface area contributed by atoms with Gasteiger partial charge in [0.15, 0.2) is 5.82 Å². The zero-order valence-electron chi connectivity index (χ0n) is 10.0. The molecule has 0 atom stereocenters. The lowest BCUT2D eigenvalue weighted by Crippen LogP contribution is -2.07. The molecular formula is C11H14ClN5. The Morgan fingerprint density at radius 2 is 2.18 bits per heavy atom. The van der Waals surface area contributed by atoms with Crippen LogP contribution in [0.3, 0.4) is 0 Å². The van der Waals surface area contributed by atoms with E-state index in [1.807, 2.05) is 20.8 Å². The van der Waals surface area contributed by atoms with Crippen LogP contribution in [0.2, 0.25) is 5.02 Å². The molecule has 0 amide bonds. The molecule has 90 valence electrons. The fourth-order valence-corrected chi connectivity index (χ4v) is 1.68. The highest BCUT2D eigenvalue weighted by molar-refractivity contribution is 6.31. The van der Waals surface area contributed by atoms with Crippen LogP contribution in [0.15, 0.2) is 12.3 Å². The third-order valence-electron chi connectivity index (χ3n) is 2.40. The Labute approximate surface area is 105 Å². The highest BCUT2D eigenvalue weighted by Gasteiger charge is 2.11. The van der Waals surface area contributed by atoms with E-state index in [4.69, 9.17) is 11.6 Å². The molecule has 1 N–H and O–H groups in total. The van der Waals surface area contributed by atoms with Gasteiger partial charge >= 0.3 is 0 Å². The van der Waals surface area contributed by atoms with E-state index in [1.54, 1.807) is 16.9 Å². The molecule has 2 aromatic heterocycles. The molecule has 0 saturated carbocycles. The van der Waals surface area contributed by atoms with Crippen molar-refractivity contribution in [3.05, 3.63) is 28.7 Å². The largest absolute Gasteiger partial charge is 0.354 e. The van der Waals surface area contributed by atoms with Gasteiger partial charge in [0.25, 0.3) is 0 Å². The molecule has 0 aromatic carbocycles. The maximum atomic E-state index is 6.11. The maximum absolute atomic E-state index is 6.11. The van der Waals surface area contributed by atoms with E-state index < -0.39 is 0 Å². The molecular weight excluding hydrogens is 238 g/mol. The normalized spacial score (nSPS) is 10.6. The molecule has 0 unspecified atom stereocenters. The fraction of sp³-hybridized carbons (Fsp3) is 0.364. The smallest absolute Gasteiger partial charge is 0.224 e. The molecule has 2 heterocycles. The van der Waals surface area contributed by atoms with Crippen molar-refractivity contribution in [1.29, 1.82) is 0 Å². The Morgan fingerprint density at radius 1 is 1.41 bits per heavy atom. The van der Waals surface area contributed by atoms with Crippen LogP contribution in [-0.4, -0.2) is 26.3 Å². The first-order valence-corrected chi connectivity index (χ1v) is 5.80. The highest BCUT2D eigenvalue weighted by Crippen LogP contribution is 2.21. The average Bonchev–Trinajstić information content (AvgIpc) is 2.58. The molecule has 0 radical (unpaired) electrons. The van der Waals surface area contributed by atoms with Gasteiger partial charge in [-0.05, 0) is 20.8 Å². The molecule has 6 heteroatoms. The Balaban J connectivity index is 2.45. The minimum atomic E-state index is 0.591. The SMILES string of the molecule is CCNc1nccc(-n2nc(C)c(Cl)c2C)n1. The van der Waals surface area contributed by atoms with Gasteiger partial charge < -0.3 is 5.32 Å². The van der Waals surface area contributed by atoms with Crippen molar-refractivity contribution in [1.82, 2.24) is 19.7 Å². The first-order valence-electron chi connectivity index (χ1n) is 5.42. The molecule has 0 aliphatic rings. The average molecular weight is 252 g/mol. The molecule has 17 heavy (non-hydrogen) atoms. The predicted octanol–water partition coefficient (Wildman–Crippen LogP) is 2.36. The van der Waals surface area contributed by atoms with E-state index in [2.05, 4.69) is 20.4 Å². The molecule has 2 aromatic rings. The second-order valence-corrected chi connectivity index (χ2v) is 4.04. The van der Waals surface area contributed by atoms with Gasteiger partial charge in [-0.15, -0.1) is 0 Å². The molecule has 0 aliphatic heterocycles. The van der Waals surface area contributed by atoms with Crippen LogP contribution in [0.25, 0.3) is 5.82 Å². The zero-order chi connectivity index (χ0) is 12.4. The van der Waals surface area contributed by atoms with Crippen LogP contribution in [0.4, 0.5) is 5.95 Å². The van der Waals surface area contributed by atoms with Crippen LogP contribution in [-0.2, 0) is 0 Å². The third kappa shape index (κ3) is 2.24. The van der Waals surface area contributed by atoms with Crippen LogP contribution in [0.5, 0.6) is 0 Å². The van der Waals surface area contributed by atoms with Gasteiger partial charge in [-0.2, -0.15) is 10.1 Å². The van der Waals surface area contributed by atoms with Crippen molar-refractivity contribution in [2.75, 3.05) is 11.9 Å². The number of halogens is 1. The van der Waals surface area contributed by atoms with Crippen molar-refractivity contribution < 1.29 is 0 Å². The topological polar surface area (TPSA) is 55.6 Å². The van der Waals surface area contributed by atoms with Crippen molar-refractivity contribution in [3.8, 4) is 5.82 Å². The van der Waals surface area contributed by atoms with E-state index in [1.165, 1.54) is 0 Å². The summed E-state index contributed by atoms with van der Waals surface area (Å²) in [4.78, 5) is 8.48. The summed E-state index contributed by atoms with van der Waals surface area (Å²) in [6.07, 6.45) is 1.70. The lowest BCUT2D eigenvalue weighted by atomic mass is 10.4. The summed E-state index contributed by atoms with van der Waals surface area (Å²) in [6, 6.07) is 1.80. The van der Waals surface area contributed by atoms with Gasteiger partial charge in [0.2, 0.25) is 5.95 Å². The number of hydrogen-bond donors (Lipinski definition) is 1. The molecule has 2 rings (SSSR count). The Kier molecular flexibility index (Phi) is 3.28. The van der Waals surface area contributed by atoms with Crippen LogP contribution in [0, 0.1) is 13.8 Å². The van der Waals surface area contributed by atoms with Crippen molar-refractivity contribution in [2.24, 2.45) is 0 Å². The number of aryl methyl sites for hydroxylation is 1. The van der Waals surface area contributed by atoms with E-state index in [0.717, 1.165) is 17.9 Å². The summed E-state index contributed by atoms with van der Waals surface area (Å²) >= 11 is 6.11. The fourth-order valence-electron chi connectivity index (χ4n) is 1.56. The lowest BCUT2D eigenvalue weighted by Gasteiger charge is -2.05. The quantitative estimate of drug-likeness (QED) is 0.910. The van der Waals surface area contributed by atoms with Crippen molar-refractivity contribution >= 4 is 17.5 Å². The second-order valence-electron chi connectivity index (χ2n) is 3.67. The van der Waals surface area contributed by atoms with E-state index >= 15 is 0 Å². The second kappa shape index (κ2) is 4.71. The van der Waals surface area contributed by atoms with Crippen molar-refractivity contribution in [3.63, 3.8) is 0 Å². The van der Waals surface area contributed by atoms with E-state index in [0.29, 0.717) is 16.8 Å². The van der Waals surface area contributed by atoms with E-state index in [9.17, 15) is 0 Å². The Hall–Kier alpha value is -1.62. The highest BCUT2D eigenvalue weighted by atomic mass is 35.5. The lowest BCUT2D eigenvalue weighted by molar-refractivity contribution is 0.801. The van der Waals surface area contributed by atoms with Crippen LogP contribution in [0.1, 0.15) is 18.3 Å². The predicted molar refractivity (Wildman–Crippen MR) is 67.8 cm³/mol. The van der Waals surface area contributed by atoms with Crippen molar-refractivity contribution in [2.45, 2.75) is 20.8 Å². The number of hydrogen-bond acceptors (Lipinski definition) is 4. The van der Waals surface area contributed by atoms with Crippen LogP contribution >= 0.6 is 11.6 Å². The number of rotatable bonds is 3. The summed E-state index contributed by atoms with van der Waals surface area (Å²) in [5, 5.41) is 8.08. The summed E-state index contributed by atoms with van der Waals surface area (Å²) in [7, 11) is 0. The van der Waals surface area contributed by atoms with Gasteiger partial charge in [-0.3, -0.25) is 0 Å². The minimum absolute atomic E-state index is 0.591. The number of anilines is 1. The first kappa shape index (κ1) is 11.9. The monoisotopic (exact) mass is 251 g/mol. The first-order chi connectivity index (χ1) is 8.13. The summed E-state index contributed by atoms with van der Waals surface area (Å²) in [5.74, 6) is 1.30. The van der Waals surface area contributed by atoms with Gasteiger partial charge in [-0.25, -0.2) is 9.67 Å². The van der Waals surface area contributed by atoms with E-state index in [-0.39, 0.29) is 0 Å². The molecule has 0 saturated heterocycles. The number of nitrogens with one attached hydrogen (secondary N) is 1. The molecule has 0 bridgehead atoms. The summed E-state index contributed by atoms with van der Waals surface area (Å²) < 4.78 is 1.72. The van der Waals surface area contributed by atoms with Gasteiger partial charge in [-0.1, -0.05) is 11.6 Å². The number of aromatic nitrogens is 4. The summed E-state index contributed by atoms with van der Waals surface area (Å²) in [5.41, 5.74) is 1.68. The third-order valence-corrected chi connectivity index (χ3v) is 2.94. The van der Waals surface area contributed by atoms with Gasteiger partial charge in [0, 0.05) is 18.8 Å². The van der Waals surface area contributed by atoms with Gasteiger partial charge in [0.05, 0.1) is 16.4 Å². The molecule has 0 fully saturated rings. The number of nitrogens with zero attached hydrogens (tertiary/aromatic N) is 4. The zero-order valence-corrected chi connectivity index (χ0v) is 10.8. The standard InChI is InChI=1S/C11H14ClN5/c1-4-13-11-14-6-5-9(15-11)17-8(3)10(12)7(2)16-17/h5-6H,4H2,1-3H3,(H,13,14,15).